The highest BCUT2D eigenvalue weighted by atomic mass is 35.5. The van der Waals surface area contributed by atoms with Crippen molar-refractivity contribution in [2.45, 2.75) is 37.0 Å². The molecule has 2 aromatic carbocycles. The van der Waals surface area contributed by atoms with Gasteiger partial charge in [0.1, 0.15) is 5.75 Å². The maximum atomic E-state index is 12.8. The monoisotopic (exact) mass is 484 g/mol. The first-order chi connectivity index (χ1) is 14.9. The first-order valence-electron chi connectivity index (χ1n) is 10.3. The molecule has 3 rings (SSSR count). The van der Waals surface area contributed by atoms with E-state index in [4.69, 9.17) is 27.9 Å². The van der Waals surface area contributed by atoms with Crippen LogP contribution in [0.4, 0.5) is 0 Å². The molecule has 0 spiro atoms. The van der Waals surface area contributed by atoms with Crippen molar-refractivity contribution in [2.75, 3.05) is 26.2 Å². The number of benzene rings is 2. The Labute approximate surface area is 193 Å². The number of nitrogens with zero attached hydrogens (tertiary/aromatic N) is 1. The molecule has 1 amide bonds. The number of hydrogen-bond donors (Lipinski definition) is 1. The third-order valence-corrected chi connectivity index (χ3v) is 7.56. The number of hydrogen-bond acceptors (Lipinski definition) is 4. The summed E-state index contributed by atoms with van der Waals surface area (Å²) in [5, 5.41) is 3.61. The van der Waals surface area contributed by atoms with Crippen LogP contribution in [-0.4, -0.2) is 44.9 Å². The Hall–Kier alpha value is -1.80. The standard InChI is InChI=1S/C22H26Cl2N2O4S/c23-18-7-10-21(20(24)15-18)30-16-22(27)25-12-11-17-5-8-19(9-6-17)31(28,29)26-13-3-1-2-4-14-26/h5-10,15H,1-4,11-14,16H2,(H,25,27). The molecular formula is C22H26Cl2N2O4S. The summed E-state index contributed by atoms with van der Waals surface area (Å²) >= 11 is 11.8. The van der Waals surface area contributed by atoms with Crippen molar-refractivity contribution in [1.29, 1.82) is 0 Å². The van der Waals surface area contributed by atoms with Crippen LogP contribution in [0.3, 0.4) is 0 Å². The van der Waals surface area contributed by atoms with Crippen LogP contribution in [0.25, 0.3) is 0 Å². The first kappa shape index (κ1) is 23.9. The van der Waals surface area contributed by atoms with Crippen molar-refractivity contribution in [1.82, 2.24) is 9.62 Å². The van der Waals surface area contributed by atoms with Crippen LogP contribution in [0, 0.1) is 0 Å². The number of halogens is 2. The maximum Gasteiger partial charge on any atom is 0.257 e. The molecule has 1 saturated heterocycles. The van der Waals surface area contributed by atoms with Gasteiger partial charge in [-0.2, -0.15) is 4.31 Å². The lowest BCUT2D eigenvalue weighted by atomic mass is 10.1. The molecule has 1 aliphatic rings. The zero-order valence-electron chi connectivity index (χ0n) is 17.1. The molecule has 1 heterocycles. The van der Waals surface area contributed by atoms with Crippen molar-refractivity contribution >= 4 is 39.1 Å². The summed E-state index contributed by atoms with van der Waals surface area (Å²) in [5.74, 6) is 0.119. The van der Waals surface area contributed by atoms with E-state index in [0.717, 1.165) is 31.2 Å². The molecule has 1 N–H and O–H groups in total. The largest absolute Gasteiger partial charge is 0.482 e. The predicted octanol–water partition coefficient (Wildman–Crippen LogP) is 4.30. The van der Waals surface area contributed by atoms with Crippen LogP contribution in [0.2, 0.25) is 10.0 Å². The van der Waals surface area contributed by atoms with E-state index in [1.54, 1.807) is 46.8 Å². The van der Waals surface area contributed by atoms with Crippen LogP contribution in [0.5, 0.6) is 5.75 Å². The van der Waals surface area contributed by atoms with Gasteiger partial charge < -0.3 is 10.1 Å². The molecule has 2 aromatic rings. The van der Waals surface area contributed by atoms with Crippen molar-refractivity contribution < 1.29 is 17.9 Å². The summed E-state index contributed by atoms with van der Waals surface area (Å²) in [6.45, 7) is 1.42. The summed E-state index contributed by atoms with van der Waals surface area (Å²) in [7, 11) is -3.45. The second kappa shape index (κ2) is 11.2. The molecule has 168 valence electrons. The maximum absolute atomic E-state index is 12.8. The number of sulfonamides is 1. The highest BCUT2D eigenvalue weighted by molar-refractivity contribution is 7.89. The molecule has 9 heteroatoms. The van der Waals surface area contributed by atoms with Gasteiger partial charge in [-0.05, 0) is 55.2 Å². The van der Waals surface area contributed by atoms with Crippen LogP contribution < -0.4 is 10.1 Å². The van der Waals surface area contributed by atoms with E-state index in [0.29, 0.717) is 46.7 Å². The molecule has 1 fully saturated rings. The minimum atomic E-state index is -3.45. The van der Waals surface area contributed by atoms with Crippen molar-refractivity contribution in [2.24, 2.45) is 0 Å². The van der Waals surface area contributed by atoms with E-state index in [2.05, 4.69) is 5.32 Å². The fraction of sp³-hybridized carbons (Fsp3) is 0.409. The van der Waals surface area contributed by atoms with Gasteiger partial charge >= 0.3 is 0 Å². The van der Waals surface area contributed by atoms with Crippen molar-refractivity contribution in [3.8, 4) is 5.75 Å². The third-order valence-electron chi connectivity index (χ3n) is 5.11. The van der Waals surface area contributed by atoms with E-state index in [9.17, 15) is 13.2 Å². The second-order valence-electron chi connectivity index (χ2n) is 7.43. The summed E-state index contributed by atoms with van der Waals surface area (Å²) in [4.78, 5) is 12.3. The smallest absolute Gasteiger partial charge is 0.257 e. The first-order valence-corrected chi connectivity index (χ1v) is 12.5. The lowest BCUT2D eigenvalue weighted by molar-refractivity contribution is -0.123. The van der Waals surface area contributed by atoms with Gasteiger partial charge in [0.05, 0.1) is 9.92 Å². The van der Waals surface area contributed by atoms with Gasteiger partial charge in [0.25, 0.3) is 5.91 Å². The van der Waals surface area contributed by atoms with E-state index in [-0.39, 0.29) is 12.5 Å². The molecule has 0 atom stereocenters. The Bertz CT molecular complexity index is 989. The fourth-order valence-electron chi connectivity index (χ4n) is 3.39. The van der Waals surface area contributed by atoms with E-state index in [1.807, 2.05) is 0 Å². The summed E-state index contributed by atoms with van der Waals surface area (Å²) in [5.41, 5.74) is 0.941. The zero-order chi connectivity index (χ0) is 22.3. The van der Waals surface area contributed by atoms with Gasteiger partial charge in [0.15, 0.2) is 6.61 Å². The number of amides is 1. The lowest BCUT2D eigenvalue weighted by Gasteiger charge is -2.20. The van der Waals surface area contributed by atoms with Gasteiger partial charge in [-0.25, -0.2) is 8.42 Å². The molecule has 0 aromatic heterocycles. The van der Waals surface area contributed by atoms with Gasteiger partial charge in [0.2, 0.25) is 10.0 Å². The number of carbonyl (C=O) groups excluding carboxylic acids is 1. The van der Waals surface area contributed by atoms with Gasteiger partial charge in [0, 0.05) is 24.7 Å². The number of carbonyl (C=O) groups is 1. The quantitative estimate of drug-likeness (QED) is 0.605. The number of ether oxygens (including phenoxy) is 1. The third kappa shape index (κ3) is 6.84. The summed E-state index contributed by atoms with van der Waals surface area (Å²) in [6.07, 6.45) is 4.55. The molecule has 0 bridgehead atoms. The second-order valence-corrected chi connectivity index (χ2v) is 10.2. The molecule has 31 heavy (non-hydrogen) atoms. The zero-order valence-corrected chi connectivity index (χ0v) is 19.5. The summed E-state index contributed by atoms with van der Waals surface area (Å²) < 4.78 is 32.6. The van der Waals surface area contributed by atoms with Crippen LogP contribution in [-0.2, 0) is 21.2 Å². The summed E-state index contributed by atoms with van der Waals surface area (Å²) in [6, 6.07) is 11.7. The molecule has 0 unspecified atom stereocenters. The average Bonchev–Trinajstić information content (AvgIpc) is 3.04. The molecule has 1 aliphatic heterocycles. The molecular weight excluding hydrogens is 459 g/mol. The Morgan fingerprint density at radius 3 is 2.32 bits per heavy atom. The van der Waals surface area contributed by atoms with E-state index in [1.165, 1.54) is 0 Å². The number of nitrogens with one attached hydrogen (secondary N) is 1. The highest BCUT2D eigenvalue weighted by Crippen LogP contribution is 2.27. The Kier molecular flexibility index (Phi) is 8.60. The highest BCUT2D eigenvalue weighted by Gasteiger charge is 2.24. The number of rotatable bonds is 8. The minimum absolute atomic E-state index is 0.158. The Balaban J connectivity index is 1.46. The SMILES string of the molecule is O=C(COc1ccc(Cl)cc1Cl)NCCc1ccc(S(=O)(=O)N2CCCCCC2)cc1. The lowest BCUT2D eigenvalue weighted by Crippen LogP contribution is -2.32. The normalized spacial score (nSPS) is 15.3. The van der Waals surface area contributed by atoms with Crippen LogP contribution >= 0.6 is 23.2 Å². The van der Waals surface area contributed by atoms with Gasteiger partial charge in [-0.15, -0.1) is 0 Å². The van der Waals surface area contributed by atoms with E-state index >= 15 is 0 Å². The van der Waals surface area contributed by atoms with Gasteiger partial charge in [-0.3, -0.25) is 4.79 Å². The van der Waals surface area contributed by atoms with E-state index < -0.39 is 10.0 Å². The fourth-order valence-corrected chi connectivity index (χ4v) is 5.37. The Morgan fingerprint density at radius 1 is 1.00 bits per heavy atom. The molecule has 0 saturated carbocycles. The topological polar surface area (TPSA) is 75.7 Å². The van der Waals surface area contributed by atoms with Crippen molar-refractivity contribution in [3.63, 3.8) is 0 Å². The van der Waals surface area contributed by atoms with Crippen LogP contribution in [0.15, 0.2) is 47.4 Å². The van der Waals surface area contributed by atoms with Gasteiger partial charge in [-0.1, -0.05) is 48.2 Å². The Morgan fingerprint density at radius 2 is 1.68 bits per heavy atom. The molecule has 0 radical (unpaired) electrons. The predicted molar refractivity (Wildman–Crippen MR) is 122 cm³/mol. The van der Waals surface area contributed by atoms with Crippen molar-refractivity contribution in [3.05, 3.63) is 58.1 Å². The molecule has 6 nitrogen and oxygen atoms in total. The average molecular weight is 485 g/mol. The minimum Gasteiger partial charge on any atom is -0.482 e. The van der Waals surface area contributed by atoms with Crippen LogP contribution in [0.1, 0.15) is 31.2 Å². The molecule has 0 aliphatic carbocycles.